The first-order valence-electron chi connectivity index (χ1n) is 7.97. The fourth-order valence-corrected chi connectivity index (χ4v) is 3.51. The number of nitrogens with zero attached hydrogens (tertiary/aromatic N) is 2. The Kier molecular flexibility index (Phi) is 2.88. The number of benzene rings is 3. The maximum atomic E-state index is 14.4. The third-order valence-corrected chi connectivity index (χ3v) is 4.58. The molecule has 2 heterocycles. The van der Waals surface area contributed by atoms with Crippen molar-refractivity contribution in [1.29, 1.82) is 0 Å². The van der Waals surface area contributed by atoms with Gasteiger partial charge in [0.15, 0.2) is 0 Å². The Hall–Kier alpha value is -3.27. The average Bonchev–Trinajstić information content (AvgIpc) is 3.07. The summed E-state index contributed by atoms with van der Waals surface area (Å²) in [5.74, 6) is -1.20. The fraction of sp³-hybridized carbons (Fsp3) is 0. The Balaban J connectivity index is 2.05. The number of hydrogen-bond acceptors (Lipinski definition) is 1. The molecule has 25 heavy (non-hydrogen) atoms. The molecule has 0 aliphatic rings. The number of fused-ring (bicyclic) bond motifs is 6. The molecule has 0 fully saturated rings. The van der Waals surface area contributed by atoms with E-state index in [1.54, 1.807) is 0 Å². The van der Waals surface area contributed by atoms with Crippen molar-refractivity contribution in [3.05, 3.63) is 84.6 Å². The highest BCUT2D eigenvalue weighted by molar-refractivity contribution is 6.12. The molecule has 0 unspecified atom stereocenters. The zero-order chi connectivity index (χ0) is 17.0. The number of hydrogen-bond donors (Lipinski definition) is 0. The Morgan fingerprint density at radius 1 is 0.680 bits per heavy atom. The molecule has 5 rings (SSSR count). The molecule has 0 aliphatic carbocycles. The van der Waals surface area contributed by atoms with Crippen LogP contribution in [-0.2, 0) is 0 Å². The summed E-state index contributed by atoms with van der Waals surface area (Å²) in [5, 5.41) is 3.03. The highest BCUT2D eigenvalue weighted by Gasteiger charge is 2.18. The number of pyridine rings is 1. The molecule has 2 nitrogen and oxygen atoms in total. The van der Waals surface area contributed by atoms with Gasteiger partial charge < -0.3 is 0 Å². The monoisotopic (exact) mass is 330 g/mol. The fourth-order valence-electron chi connectivity index (χ4n) is 3.51. The van der Waals surface area contributed by atoms with Crippen molar-refractivity contribution in [3.63, 3.8) is 0 Å². The Morgan fingerprint density at radius 3 is 2.08 bits per heavy atom. The standard InChI is InChI=1S/C21H12F2N2/c22-16-9-5-10-17(23)20(16)19-12-24-21-15-8-2-1-6-13(15)14-7-3-4-11-18(14)25(19)21/h1-12H. The van der Waals surface area contributed by atoms with Gasteiger partial charge in [0.25, 0.3) is 0 Å². The lowest BCUT2D eigenvalue weighted by molar-refractivity contribution is 0.588. The molecule has 3 aromatic carbocycles. The molecular formula is C21H12F2N2. The van der Waals surface area contributed by atoms with Crippen LogP contribution in [0.15, 0.2) is 72.9 Å². The number of para-hydroxylation sites is 1. The van der Waals surface area contributed by atoms with E-state index in [0.717, 1.165) is 21.7 Å². The van der Waals surface area contributed by atoms with Crippen molar-refractivity contribution in [1.82, 2.24) is 9.38 Å². The zero-order valence-electron chi connectivity index (χ0n) is 13.1. The van der Waals surface area contributed by atoms with E-state index < -0.39 is 11.6 Å². The van der Waals surface area contributed by atoms with Crippen LogP contribution in [0.2, 0.25) is 0 Å². The van der Waals surface area contributed by atoms with Crippen LogP contribution in [0.25, 0.3) is 38.6 Å². The summed E-state index contributed by atoms with van der Waals surface area (Å²) in [7, 11) is 0. The molecule has 0 spiro atoms. The molecule has 0 saturated heterocycles. The smallest absolute Gasteiger partial charge is 0.145 e. The molecule has 0 amide bonds. The van der Waals surface area contributed by atoms with E-state index in [0.29, 0.717) is 11.3 Å². The van der Waals surface area contributed by atoms with E-state index in [4.69, 9.17) is 0 Å². The minimum Gasteiger partial charge on any atom is -0.292 e. The molecule has 0 N–H and O–H groups in total. The molecule has 0 atom stereocenters. The summed E-state index contributed by atoms with van der Waals surface area (Å²) in [5.41, 5.74) is 1.90. The summed E-state index contributed by atoms with van der Waals surface area (Å²) >= 11 is 0. The van der Waals surface area contributed by atoms with E-state index in [1.165, 1.54) is 24.4 Å². The van der Waals surface area contributed by atoms with Crippen LogP contribution >= 0.6 is 0 Å². The minimum absolute atomic E-state index is 0.0598. The summed E-state index contributed by atoms with van der Waals surface area (Å²) in [6.45, 7) is 0. The van der Waals surface area contributed by atoms with Crippen LogP contribution in [0.5, 0.6) is 0 Å². The molecule has 0 aliphatic heterocycles. The van der Waals surface area contributed by atoms with Gasteiger partial charge in [-0.2, -0.15) is 0 Å². The highest BCUT2D eigenvalue weighted by atomic mass is 19.1. The van der Waals surface area contributed by atoms with Crippen molar-refractivity contribution < 1.29 is 8.78 Å². The van der Waals surface area contributed by atoms with Gasteiger partial charge in [0, 0.05) is 10.8 Å². The van der Waals surface area contributed by atoms with E-state index in [-0.39, 0.29) is 5.56 Å². The summed E-state index contributed by atoms with van der Waals surface area (Å²) in [6.07, 6.45) is 1.54. The second kappa shape index (κ2) is 5.11. The van der Waals surface area contributed by atoms with Crippen molar-refractivity contribution in [2.24, 2.45) is 0 Å². The van der Waals surface area contributed by atoms with Gasteiger partial charge in [-0.15, -0.1) is 0 Å². The lowest BCUT2D eigenvalue weighted by Gasteiger charge is -2.11. The Bertz CT molecular complexity index is 1250. The second-order valence-electron chi connectivity index (χ2n) is 5.96. The summed E-state index contributed by atoms with van der Waals surface area (Å²) < 4.78 is 30.6. The van der Waals surface area contributed by atoms with Gasteiger partial charge in [0.05, 0.1) is 23.0 Å². The molecule has 0 radical (unpaired) electrons. The van der Waals surface area contributed by atoms with Crippen LogP contribution in [-0.4, -0.2) is 9.38 Å². The third-order valence-electron chi connectivity index (χ3n) is 4.58. The van der Waals surface area contributed by atoms with Crippen LogP contribution in [0.3, 0.4) is 0 Å². The van der Waals surface area contributed by atoms with Gasteiger partial charge in [-0.3, -0.25) is 4.40 Å². The predicted molar refractivity (Wildman–Crippen MR) is 95.6 cm³/mol. The topological polar surface area (TPSA) is 17.3 Å². The zero-order valence-corrected chi connectivity index (χ0v) is 13.1. The minimum atomic E-state index is -0.598. The number of halogens is 2. The molecule has 5 aromatic rings. The maximum absolute atomic E-state index is 14.4. The van der Waals surface area contributed by atoms with Crippen molar-refractivity contribution >= 4 is 27.3 Å². The number of rotatable bonds is 1. The lowest BCUT2D eigenvalue weighted by Crippen LogP contribution is -1.97. The first-order chi connectivity index (χ1) is 12.3. The van der Waals surface area contributed by atoms with Gasteiger partial charge in [0.2, 0.25) is 0 Å². The van der Waals surface area contributed by atoms with Crippen LogP contribution in [0, 0.1) is 11.6 Å². The molecule has 4 heteroatoms. The Morgan fingerprint density at radius 2 is 1.32 bits per heavy atom. The molecule has 2 aromatic heterocycles. The maximum Gasteiger partial charge on any atom is 0.145 e. The second-order valence-corrected chi connectivity index (χ2v) is 5.96. The van der Waals surface area contributed by atoms with Crippen molar-refractivity contribution in [3.8, 4) is 11.3 Å². The summed E-state index contributed by atoms with van der Waals surface area (Å²) in [4.78, 5) is 4.49. The van der Waals surface area contributed by atoms with E-state index in [9.17, 15) is 8.78 Å². The Labute approximate surface area is 142 Å². The normalized spacial score (nSPS) is 11.6. The first kappa shape index (κ1) is 14.1. The van der Waals surface area contributed by atoms with Crippen molar-refractivity contribution in [2.75, 3.05) is 0 Å². The van der Waals surface area contributed by atoms with Gasteiger partial charge in [-0.25, -0.2) is 13.8 Å². The summed E-state index contributed by atoms with van der Waals surface area (Å²) in [6, 6.07) is 19.7. The van der Waals surface area contributed by atoms with Gasteiger partial charge in [-0.05, 0) is 23.6 Å². The molecule has 120 valence electrons. The van der Waals surface area contributed by atoms with E-state index in [2.05, 4.69) is 4.98 Å². The van der Waals surface area contributed by atoms with Gasteiger partial charge in [0.1, 0.15) is 17.3 Å². The number of imidazole rings is 1. The average molecular weight is 330 g/mol. The molecule has 0 bridgehead atoms. The lowest BCUT2D eigenvalue weighted by atomic mass is 10.1. The highest BCUT2D eigenvalue weighted by Crippen LogP contribution is 2.34. The molecule has 0 saturated carbocycles. The van der Waals surface area contributed by atoms with Crippen LogP contribution < -0.4 is 0 Å². The van der Waals surface area contributed by atoms with Gasteiger partial charge in [-0.1, -0.05) is 48.5 Å². The largest absolute Gasteiger partial charge is 0.292 e. The quantitative estimate of drug-likeness (QED) is 0.366. The SMILES string of the molecule is Fc1cccc(F)c1-c1cnc2c3ccccc3c3ccccc3n12. The first-order valence-corrected chi connectivity index (χ1v) is 7.97. The third kappa shape index (κ3) is 1.91. The van der Waals surface area contributed by atoms with Crippen molar-refractivity contribution in [2.45, 2.75) is 0 Å². The predicted octanol–water partition coefficient (Wildman–Crippen LogP) is 5.59. The van der Waals surface area contributed by atoms with Gasteiger partial charge >= 0.3 is 0 Å². The van der Waals surface area contributed by atoms with E-state index >= 15 is 0 Å². The van der Waals surface area contributed by atoms with Crippen LogP contribution in [0.1, 0.15) is 0 Å². The molecular weight excluding hydrogens is 318 g/mol. The van der Waals surface area contributed by atoms with E-state index in [1.807, 2.05) is 52.9 Å². The number of aromatic nitrogens is 2. The van der Waals surface area contributed by atoms with Crippen LogP contribution in [0.4, 0.5) is 8.78 Å².